The van der Waals surface area contributed by atoms with Crippen molar-refractivity contribution in [3.63, 3.8) is 0 Å². The molecule has 0 bridgehead atoms. The smallest absolute Gasteiger partial charge is 0.191 e. The molecule has 0 atom stereocenters. The summed E-state index contributed by atoms with van der Waals surface area (Å²) < 4.78 is 19.0. The van der Waals surface area contributed by atoms with Crippen molar-refractivity contribution in [2.24, 2.45) is 10.4 Å². The minimum absolute atomic E-state index is 0.264. The third-order valence-electron chi connectivity index (χ3n) is 4.83. The quantitative estimate of drug-likeness (QED) is 0.555. The summed E-state index contributed by atoms with van der Waals surface area (Å²) in [4.78, 5) is 4.24. The van der Waals surface area contributed by atoms with E-state index in [-0.39, 0.29) is 5.82 Å². The summed E-state index contributed by atoms with van der Waals surface area (Å²) in [6, 6.07) is 4.76. The summed E-state index contributed by atoms with van der Waals surface area (Å²) in [6.07, 6.45) is 5.32. The number of methoxy groups -OCH3 is 1. The van der Waals surface area contributed by atoms with Crippen LogP contribution in [0.3, 0.4) is 0 Å². The van der Waals surface area contributed by atoms with Crippen LogP contribution < -0.4 is 10.6 Å². The zero-order valence-corrected chi connectivity index (χ0v) is 15.3. The van der Waals surface area contributed by atoms with Crippen molar-refractivity contribution in [3.8, 4) is 0 Å². The maximum absolute atomic E-state index is 13.8. The highest BCUT2D eigenvalue weighted by molar-refractivity contribution is 6.31. The van der Waals surface area contributed by atoms with Crippen LogP contribution in [0.4, 0.5) is 4.39 Å². The lowest BCUT2D eigenvalue weighted by atomic mass is 9.67. The molecule has 0 radical (unpaired) electrons. The van der Waals surface area contributed by atoms with Gasteiger partial charge in [-0.15, -0.1) is 0 Å². The summed E-state index contributed by atoms with van der Waals surface area (Å²) in [5.74, 6) is 0.478. The molecule has 0 saturated heterocycles. The van der Waals surface area contributed by atoms with E-state index in [0.29, 0.717) is 29.0 Å². The molecule has 0 amide bonds. The standard InChI is InChI=1S/C18H27ClFN3O/c1-21-17(23-13-18(8-4-9-18)10-12-24-2)22-11-7-14-15(19)5-3-6-16(14)20/h3,5-6H,4,7-13H2,1-2H3,(H2,21,22,23). The number of benzene rings is 1. The maximum Gasteiger partial charge on any atom is 0.191 e. The van der Waals surface area contributed by atoms with Gasteiger partial charge in [0.05, 0.1) is 0 Å². The van der Waals surface area contributed by atoms with E-state index in [0.717, 1.165) is 25.5 Å². The van der Waals surface area contributed by atoms with Gasteiger partial charge in [-0.1, -0.05) is 24.1 Å². The number of nitrogens with one attached hydrogen (secondary N) is 2. The van der Waals surface area contributed by atoms with Crippen LogP contribution in [-0.2, 0) is 11.2 Å². The van der Waals surface area contributed by atoms with E-state index in [2.05, 4.69) is 15.6 Å². The summed E-state index contributed by atoms with van der Waals surface area (Å²) >= 11 is 6.05. The van der Waals surface area contributed by atoms with Crippen LogP contribution in [0.15, 0.2) is 23.2 Å². The first-order chi connectivity index (χ1) is 11.6. The molecule has 2 rings (SSSR count). The number of guanidine groups is 1. The molecule has 1 aromatic carbocycles. The van der Waals surface area contributed by atoms with E-state index in [4.69, 9.17) is 16.3 Å². The van der Waals surface area contributed by atoms with Gasteiger partial charge in [0.2, 0.25) is 0 Å². The Bertz CT molecular complexity index is 541. The third-order valence-corrected chi connectivity index (χ3v) is 5.19. The molecule has 24 heavy (non-hydrogen) atoms. The Labute approximate surface area is 148 Å². The number of halogens is 2. The maximum atomic E-state index is 13.8. The molecule has 134 valence electrons. The first kappa shape index (κ1) is 19.0. The van der Waals surface area contributed by atoms with Gasteiger partial charge >= 0.3 is 0 Å². The Balaban J connectivity index is 1.78. The van der Waals surface area contributed by atoms with Crippen molar-refractivity contribution < 1.29 is 9.13 Å². The Kier molecular flexibility index (Phi) is 7.31. The molecule has 0 unspecified atom stereocenters. The zero-order valence-electron chi connectivity index (χ0n) is 14.5. The molecular weight excluding hydrogens is 329 g/mol. The predicted octanol–water partition coefficient (Wildman–Crippen LogP) is 3.39. The van der Waals surface area contributed by atoms with Gasteiger partial charge in [0, 0.05) is 44.4 Å². The number of hydrogen-bond donors (Lipinski definition) is 2. The summed E-state index contributed by atoms with van der Waals surface area (Å²) in [7, 11) is 3.49. The molecule has 1 aliphatic carbocycles. The van der Waals surface area contributed by atoms with E-state index < -0.39 is 0 Å². The molecular formula is C18H27ClFN3O. The molecule has 0 aliphatic heterocycles. The van der Waals surface area contributed by atoms with E-state index in [1.165, 1.54) is 25.3 Å². The lowest BCUT2D eigenvalue weighted by Crippen LogP contribution is -2.47. The van der Waals surface area contributed by atoms with Crippen LogP contribution in [0, 0.1) is 11.2 Å². The molecule has 1 fully saturated rings. The normalized spacial score (nSPS) is 16.6. The number of ether oxygens (including phenoxy) is 1. The van der Waals surface area contributed by atoms with Crippen LogP contribution in [0.5, 0.6) is 0 Å². The van der Waals surface area contributed by atoms with Gasteiger partial charge in [-0.2, -0.15) is 0 Å². The molecule has 6 heteroatoms. The minimum atomic E-state index is -0.264. The van der Waals surface area contributed by atoms with Gasteiger partial charge < -0.3 is 15.4 Å². The van der Waals surface area contributed by atoms with Gasteiger partial charge in [0.25, 0.3) is 0 Å². The molecule has 0 aromatic heterocycles. The first-order valence-electron chi connectivity index (χ1n) is 8.46. The van der Waals surface area contributed by atoms with Crippen LogP contribution in [-0.4, -0.2) is 39.8 Å². The topological polar surface area (TPSA) is 45.7 Å². The van der Waals surface area contributed by atoms with Gasteiger partial charge in [0.1, 0.15) is 5.82 Å². The average Bonchev–Trinajstić information content (AvgIpc) is 2.54. The van der Waals surface area contributed by atoms with Crippen molar-refractivity contribution >= 4 is 17.6 Å². The van der Waals surface area contributed by atoms with Crippen molar-refractivity contribution in [1.29, 1.82) is 0 Å². The van der Waals surface area contributed by atoms with Crippen molar-refractivity contribution in [1.82, 2.24) is 10.6 Å². The lowest BCUT2D eigenvalue weighted by Gasteiger charge is -2.42. The van der Waals surface area contributed by atoms with Crippen molar-refractivity contribution in [2.45, 2.75) is 32.1 Å². The zero-order chi connectivity index (χ0) is 17.4. The highest BCUT2D eigenvalue weighted by Gasteiger charge is 2.36. The van der Waals surface area contributed by atoms with Crippen molar-refractivity contribution in [3.05, 3.63) is 34.6 Å². The summed E-state index contributed by atoms with van der Waals surface area (Å²) in [6.45, 7) is 2.25. The monoisotopic (exact) mass is 355 g/mol. The molecule has 4 nitrogen and oxygen atoms in total. The molecule has 1 saturated carbocycles. The van der Waals surface area contributed by atoms with E-state index in [1.807, 2.05) is 0 Å². The fraction of sp³-hybridized carbons (Fsp3) is 0.611. The minimum Gasteiger partial charge on any atom is -0.385 e. The largest absolute Gasteiger partial charge is 0.385 e. The Morgan fingerprint density at radius 3 is 2.75 bits per heavy atom. The average molecular weight is 356 g/mol. The van der Waals surface area contributed by atoms with E-state index in [9.17, 15) is 4.39 Å². The number of hydrogen-bond acceptors (Lipinski definition) is 2. The van der Waals surface area contributed by atoms with Gasteiger partial charge in [0.15, 0.2) is 5.96 Å². The predicted molar refractivity (Wildman–Crippen MR) is 97.3 cm³/mol. The second-order valence-electron chi connectivity index (χ2n) is 6.40. The SMILES string of the molecule is CN=C(NCCc1c(F)cccc1Cl)NCC1(CCOC)CCC1. The fourth-order valence-electron chi connectivity index (χ4n) is 3.08. The Hall–Kier alpha value is -1.33. The number of rotatable bonds is 8. The van der Waals surface area contributed by atoms with E-state index in [1.54, 1.807) is 26.3 Å². The van der Waals surface area contributed by atoms with Crippen molar-refractivity contribution in [2.75, 3.05) is 33.9 Å². The lowest BCUT2D eigenvalue weighted by molar-refractivity contribution is 0.0732. The van der Waals surface area contributed by atoms with E-state index >= 15 is 0 Å². The van der Waals surface area contributed by atoms with Crippen LogP contribution in [0.25, 0.3) is 0 Å². The van der Waals surface area contributed by atoms with Crippen LogP contribution >= 0.6 is 11.6 Å². The Morgan fingerprint density at radius 1 is 1.38 bits per heavy atom. The fourth-order valence-corrected chi connectivity index (χ4v) is 3.34. The Morgan fingerprint density at radius 2 is 2.17 bits per heavy atom. The molecule has 0 heterocycles. The summed E-state index contributed by atoms with van der Waals surface area (Å²) in [5.41, 5.74) is 0.861. The molecule has 0 spiro atoms. The first-order valence-corrected chi connectivity index (χ1v) is 8.84. The molecule has 2 N–H and O–H groups in total. The van der Waals surface area contributed by atoms with Crippen LogP contribution in [0.1, 0.15) is 31.2 Å². The number of aliphatic imine (C=N–C) groups is 1. The second kappa shape index (κ2) is 9.23. The number of nitrogens with zero attached hydrogens (tertiary/aromatic N) is 1. The van der Waals surface area contributed by atoms with Crippen LogP contribution in [0.2, 0.25) is 5.02 Å². The highest BCUT2D eigenvalue weighted by atomic mass is 35.5. The van der Waals surface area contributed by atoms with Gasteiger partial charge in [-0.25, -0.2) is 4.39 Å². The molecule has 1 aromatic rings. The van der Waals surface area contributed by atoms with Gasteiger partial charge in [-0.3, -0.25) is 4.99 Å². The third kappa shape index (κ3) is 5.08. The second-order valence-corrected chi connectivity index (χ2v) is 6.81. The van der Waals surface area contributed by atoms with Gasteiger partial charge in [-0.05, 0) is 43.2 Å². The summed E-state index contributed by atoms with van der Waals surface area (Å²) in [5, 5.41) is 7.09. The highest BCUT2D eigenvalue weighted by Crippen LogP contribution is 2.43. The molecule has 1 aliphatic rings.